The lowest BCUT2D eigenvalue weighted by Gasteiger charge is -2.34. The molecule has 1 saturated heterocycles. The summed E-state index contributed by atoms with van der Waals surface area (Å²) < 4.78 is 14.5. The van der Waals surface area contributed by atoms with Gasteiger partial charge < -0.3 is 24.2 Å². The minimum Gasteiger partial charge on any atom is -0.480 e. The number of rotatable bonds is 11. The highest BCUT2D eigenvalue weighted by Crippen LogP contribution is 2.14. The molecule has 1 aromatic carbocycles. The van der Waals surface area contributed by atoms with Gasteiger partial charge in [-0.1, -0.05) is 18.2 Å². The van der Waals surface area contributed by atoms with Crippen LogP contribution in [0, 0.1) is 0 Å². The van der Waals surface area contributed by atoms with Gasteiger partial charge in [0.1, 0.15) is 6.54 Å². The quantitative estimate of drug-likeness (QED) is 0.248. The van der Waals surface area contributed by atoms with Gasteiger partial charge in [-0.3, -0.25) is 43.6 Å². The van der Waals surface area contributed by atoms with Crippen LogP contribution < -0.4 is 4.90 Å². The monoisotopic (exact) mass is 579 g/mol. The number of para-hydroxylation sites is 1. The molecule has 228 valence electrons. The number of aliphatic carboxylic acids is 1. The van der Waals surface area contributed by atoms with Crippen molar-refractivity contribution in [3.05, 3.63) is 30.3 Å². The molecule has 14 heteroatoms. The average molecular weight is 580 g/mol. The molecular formula is C27H41N5O9. The second-order valence-electron chi connectivity index (χ2n) is 9.54. The average Bonchev–Trinajstić information content (AvgIpc) is 2.96. The smallest absolute Gasteiger partial charge is 0.323 e. The lowest BCUT2D eigenvalue weighted by atomic mass is 10.2. The van der Waals surface area contributed by atoms with Gasteiger partial charge in [-0.25, -0.2) is 0 Å². The highest BCUT2D eigenvalue weighted by molar-refractivity contribution is 5.98. The van der Waals surface area contributed by atoms with Crippen molar-refractivity contribution in [3.63, 3.8) is 0 Å². The van der Waals surface area contributed by atoms with Gasteiger partial charge in [0.25, 0.3) is 0 Å². The molecule has 41 heavy (non-hydrogen) atoms. The van der Waals surface area contributed by atoms with E-state index < -0.39 is 36.3 Å². The van der Waals surface area contributed by atoms with Crippen molar-refractivity contribution in [2.75, 3.05) is 111 Å². The van der Waals surface area contributed by atoms with Gasteiger partial charge in [0.15, 0.2) is 0 Å². The topological polar surface area (TPSA) is 149 Å². The van der Waals surface area contributed by atoms with E-state index in [0.717, 1.165) is 0 Å². The molecule has 0 aliphatic carbocycles. The van der Waals surface area contributed by atoms with E-state index in [9.17, 15) is 29.1 Å². The van der Waals surface area contributed by atoms with E-state index in [1.807, 2.05) is 19.6 Å². The van der Waals surface area contributed by atoms with E-state index in [0.29, 0.717) is 58.0 Å². The van der Waals surface area contributed by atoms with Crippen LogP contribution in [0.1, 0.15) is 0 Å². The molecule has 1 fully saturated rings. The predicted octanol–water partition coefficient (Wildman–Crippen LogP) is -1.16. The lowest BCUT2D eigenvalue weighted by Crippen LogP contribution is -2.50. The molecule has 1 amide bonds. The third kappa shape index (κ3) is 12.6. The fourth-order valence-corrected chi connectivity index (χ4v) is 4.30. The summed E-state index contributed by atoms with van der Waals surface area (Å²) in [5, 5.41) is 9.44. The number of hydrogen-bond acceptors (Lipinski definition) is 12. The number of ether oxygens (including phenoxy) is 3. The third-order valence-electron chi connectivity index (χ3n) is 6.69. The Balaban J connectivity index is 2.27. The highest BCUT2D eigenvalue weighted by Gasteiger charge is 2.24. The number of hydrogen-bond donors (Lipinski definition) is 1. The molecule has 0 aromatic heterocycles. The Morgan fingerprint density at radius 3 is 1.29 bits per heavy atom. The third-order valence-corrected chi connectivity index (χ3v) is 6.69. The van der Waals surface area contributed by atoms with Crippen LogP contribution in [0.4, 0.5) is 5.69 Å². The maximum Gasteiger partial charge on any atom is 0.323 e. The predicted molar refractivity (Wildman–Crippen MR) is 148 cm³/mol. The fourth-order valence-electron chi connectivity index (χ4n) is 4.30. The number of carbonyl (C=O) groups is 5. The maximum absolute atomic E-state index is 13.4. The largest absolute Gasteiger partial charge is 0.480 e. The minimum atomic E-state index is -1.14. The first-order valence-electron chi connectivity index (χ1n) is 13.3. The Kier molecular flexibility index (Phi) is 14.7. The molecule has 1 N–H and O–H groups in total. The molecule has 1 aliphatic heterocycles. The van der Waals surface area contributed by atoms with Gasteiger partial charge in [-0.2, -0.15) is 0 Å². The fraction of sp³-hybridized carbons (Fsp3) is 0.593. The number of nitrogens with zero attached hydrogens (tertiary/aromatic N) is 5. The van der Waals surface area contributed by atoms with Crippen molar-refractivity contribution in [1.82, 2.24) is 19.6 Å². The van der Waals surface area contributed by atoms with E-state index >= 15 is 0 Å². The highest BCUT2D eigenvalue weighted by atomic mass is 16.5. The van der Waals surface area contributed by atoms with Gasteiger partial charge >= 0.3 is 23.9 Å². The van der Waals surface area contributed by atoms with Crippen molar-refractivity contribution in [2.45, 2.75) is 0 Å². The Labute approximate surface area is 240 Å². The number of carboxylic acids is 1. The number of carboxylic acid groups (broad SMARTS) is 1. The summed E-state index contributed by atoms with van der Waals surface area (Å²) in [5.74, 6) is -2.76. The summed E-state index contributed by atoms with van der Waals surface area (Å²) in [4.78, 5) is 70.0. The molecule has 0 atom stereocenters. The number of methoxy groups -OCH3 is 3. The first-order chi connectivity index (χ1) is 19.6. The maximum atomic E-state index is 13.4. The Morgan fingerprint density at radius 2 is 0.976 bits per heavy atom. The van der Waals surface area contributed by atoms with E-state index in [-0.39, 0.29) is 26.2 Å². The van der Waals surface area contributed by atoms with Crippen LogP contribution in [-0.4, -0.2) is 161 Å². The normalized spacial score (nSPS) is 16.6. The van der Waals surface area contributed by atoms with Gasteiger partial charge in [0.2, 0.25) is 5.91 Å². The number of benzene rings is 1. The first kappa shape index (κ1) is 33.6. The zero-order valence-corrected chi connectivity index (χ0v) is 24.0. The standard InChI is InChI=1S/C27H41N5O9/c1-39-25(36)19-29-11-9-28(17-23(33)32(18-24(34)35)22-7-5-4-6-8-22)10-12-30(20-26(37)40-2)14-16-31(15-13-29)21-27(38)41-3/h4-8H,9-21H2,1-3H3,(H,34,35). The summed E-state index contributed by atoms with van der Waals surface area (Å²) in [5.41, 5.74) is 0.472. The van der Waals surface area contributed by atoms with Crippen molar-refractivity contribution >= 4 is 35.5 Å². The van der Waals surface area contributed by atoms with Crippen LogP contribution in [0.3, 0.4) is 0 Å². The van der Waals surface area contributed by atoms with Gasteiger partial charge in [0, 0.05) is 58.0 Å². The zero-order chi connectivity index (χ0) is 30.2. The van der Waals surface area contributed by atoms with E-state index in [2.05, 4.69) is 0 Å². The molecule has 1 heterocycles. The molecule has 2 rings (SSSR count). The molecule has 0 saturated carbocycles. The summed E-state index contributed by atoms with van der Waals surface area (Å²) in [6.45, 7) is 2.82. The minimum absolute atomic E-state index is 0.0218. The van der Waals surface area contributed by atoms with E-state index in [4.69, 9.17) is 14.2 Å². The number of carbonyl (C=O) groups excluding carboxylic acids is 4. The second-order valence-corrected chi connectivity index (χ2v) is 9.54. The molecule has 0 unspecified atom stereocenters. The van der Waals surface area contributed by atoms with Crippen LogP contribution in [-0.2, 0) is 38.2 Å². The van der Waals surface area contributed by atoms with Crippen LogP contribution in [0.5, 0.6) is 0 Å². The molecule has 1 aliphatic rings. The van der Waals surface area contributed by atoms with E-state index in [1.54, 1.807) is 30.3 Å². The first-order valence-corrected chi connectivity index (χ1v) is 13.3. The van der Waals surface area contributed by atoms with Gasteiger partial charge in [-0.05, 0) is 12.1 Å². The molecule has 0 bridgehead atoms. The number of amides is 1. The molecule has 1 aromatic rings. The van der Waals surface area contributed by atoms with Crippen LogP contribution in [0.15, 0.2) is 30.3 Å². The Hall–Kier alpha value is -3.59. The second kappa shape index (κ2) is 18.0. The molecule has 14 nitrogen and oxygen atoms in total. The lowest BCUT2D eigenvalue weighted by molar-refractivity contribution is -0.144. The Morgan fingerprint density at radius 1 is 0.634 bits per heavy atom. The zero-order valence-electron chi connectivity index (χ0n) is 24.0. The molecule has 0 spiro atoms. The Bertz CT molecular complexity index is 976. The summed E-state index contributed by atoms with van der Waals surface area (Å²) >= 11 is 0. The van der Waals surface area contributed by atoms with Crippen LogP contribution in [0.2, 0.25) is 0 Å². The van der Waals surface area contributed by atoms with Crippen LogP contribution >= 0.6 is 0 Å². The number of esters is 3. The van der Waals surface area contributed by atoms with Crippen molar-refractivity contribution in [2.24, 2.45) is 0 Å². The summed E-state index contributed by atoms with van der Waals surface area (Å²) in [7, 11) is 3.94. The molecular weight excluding hydrogens is 538 g/mol. The summed E-state index contributed by atoms with van der Waals surface area (Å²) in [6, 6.07) is 8.58. The van der Waals surface area contributed by atoms with Gasteiger partial charge in [-0.15, -0.1) is 0 Å². The van der Waals surface area contributed by atoms with Crippen LogP contribution in [0.25, 0.3) is 0 Å². The van der Waals surface area contributed by atoms with Crippen molar-refractivity contribution in [3.8, 4) is 0 Å². The van der Waals surface area contributed by atoms with E-state index in [1.165, 1.54) is 26.2 Å². The number of anilines is 1. The van der Waals surface area contributed by atoms with Gasteiger partial charge in [0.05, 0.1) is 47.5 Å². The molecule has 0 radical (unpaired) electrons. The summed E-state index contributed by atoms with van der Waals surface area (Å²) in [6.07, 6.45) is 0. The van der Waals surface area contributed by atoms with Crippen molar-refractivity contribution < 1.29 is 43.3 Å². The SMILES string of the molecule is COC(=O)CN1CCN(CC(=O)OC)CCN(CC(=O)N(CC(=O)O)c2ccccc2)CCN(CC(=O)OC)CC1. The van der Waals surface area contributed by atoms with Crippen molar-refractivity contribution in [1.29, 1.82) is 0 Å².